The lowest BCUT2D eigenvalue weighted by molar-refractivity contribution is 0.386. The van der Waals surface area contributed by atoms with Gasteiger partial charge in [-0.25, -0.2) is 9.37 Å². The molecule has 0 N–H and O–H groups in total. The van der Waals surface area contributed by atoms with Gasteiger partial charge in [0, 0.05) is 22.8 Å². The molecule has 1 aromatic carbocycles. The van der Waals surface area contributed by atoms with Crippen molar-refractivity contribution in [1.82, 2.24) is 9.38 Å². The highest BCUT2D eigenvalue weighted by atomic mass is 35.5. The Morgan fingerprint density at radius 2 is 2.14 bits per heavy atom. The van der Waals surface area contributed by atoms with Crippen molar-refractivity contribution >= 4 is 23.1 Å². The highest BCUT2D eigenvalue weighted by molar-refractivity contribution is 6.30. The van der Waals surface area contributed by atoms with Crippen molar-refractivity contribution in [3.05, 3.63) is 52.3 Å². The van der Waals surface area contributed by atoms with E-state index >= 15 is 0 Å². The molecule has 0 aliphatic heterocycles. The Morgan fingerprint density at radius 1 is 1.33 bits per heavy atom. The first-order chi connectivity index (χ1) is 10.1. The predicted octanol–water partition coefficient (Wildman–Crippen LogP) is 4.20. The normalized spacial score (nSPS) is 10.8. The van der Waals surface area contributed by atoms with Crippen LogP contribution < -0.4 is 4.74 Å². The third-order valence-corrected chi connectivity index (χ3v) is 3.31. The van der Waals surface area contributed by atoms with E-state index in [0.717, 1.165) is 0 Å². The number of methoxy groups -OCH3 is 1. The van der Waals surface area contributed by atoms with Gasteiger partial charge in [0.25, 0.3) is 0 Å². The minimum atomic E-state index is -0.540. The first kappa shape index (κ1) is 13.5. The Balaban J connectivity index is 2.24. The fourth-order valence-corrected chi connectivity index (χ4v) is 2.26. The fraction of sp³-hybridized carbons (Fsp3) is 0.0714. The summed E-state index contributed by atoms with van der Waals surface area (Å²) in [6, 6.07) is 7.54. The molecule has 2 aromatic heterocycles. The fourth-order valence-electron chi connectivity index (χ4n) is 2.10. The molecule has 0 amide bonds. The molecular formula is C14H9ClFN3O2. The van der Waals surface area contributed by atoms with E-state index in [0.29, 0.717) is 16.2 Å². The summed E-state index contributed by atoms with van der Waals surface area (Å²) in [5.41, 5.74) is 1.18. The molecular weight excluding hydrogens is 297 g/mol. The van der Waals surface area contributed by atoms with E-state index in [1.807, 2.05) is 0 Å². The number of aromatic nitrogens is 2. The second-order valence-corrected chi connectivity index (χ2v) is 4.73. The number of nitroso groups, excluding NO2 is 1. The lowest BCUT2D eigenvalue weighted by atomic mass is 10.1. The second-order valence-electron chi connectivity index (χ2n) is 4.30. The van der Waals surface area contributed by atoms with E-state index in [1.165, 1.54) is 23.6 Å². The van der Waals surface area contributed by atoms with Crippen molar-refractivity contribution in [2.75, 3.05) is 7.11 Å². The van der Waals surface area contributed by atoms with Gasteiger partial charge in [-0.15, -0.1) is 4.91 Å². The van der Waals surface area contributed by atoms with E-state index in [-0.39, 0.29) is 17.3 Å². The molecule has 0 saturated carbocycles. The zero-order chi connectivity index (χ0) is 15.0. The van der Waals surface area contributed by atoms with Gasteiger partial charge < -0.3 is 4.74 Å². The molecule has 0 aliphatic carbocycles. The number of hydrogen-bond acceptors (Lipinski definition) is 4. The van der Waals surface area contributed by atoms with Crippen LogP contribution in [0.25, 0.3) is 16.9 Å². The molecule has 21 heavy (non-hydrogen) atoms. The molecule has 2 heterocycles. The zero-order valence-electron chi connectivity index (χ0n) is 10.9. The number of halogens is 2. The monoisotopic (exact) mass is 305 g/mol. The summed E-state index contributed by atoms with van der Waals surface area (Å²) in [6.45, 7) is 0. The summed E-state index contributed by atoms with van der Waals surface area (Å²) < 4.78 is 20.2. The van der Waals surface area contributed by atoms with Gasteiger partial charge in [0.05, 0.1) is 7.11 Å². The molecule has 0 atom stereocenters. The number of pyridine rings is 1. The summed E-state index contributed by atoms with van der Waals surface area (Å²) in [6.07, 6.45) is 1.59. The predicted molar refractivity (Wildman–Crippen MR) is 77.6 cm³/mol. The third kappa shape index (κ3) is 2.23. The average Bonchev–Trinajstić information content (AvgIpc) is 2.84. The molecule has 0 fully saturated rings. The van der Waals surface area contributed by atoms with E-state index < -0.39 is 5.82 Å². The molecule has 0 bridgehead atoms. The summed E-state index contributed by atoms with van der Waals surface area (Å²) in [7, 11) is 1.38. The summed E-state index contributed by atoms with van der Waals surface area (Å²) >= 11 is 5.90. The Kier molecular flexibility index (Phi) is 3.31. The average molecular weight is 306 g/mol. The number of fused-ring (bicyclic) bond motifs is 1. The first-order valence-electron chi connectivity index (χ1n) is 5.99. The minimum Gasteiger partial charge on any atom is -0.494 e. The molecule has 0 saturated heterocycles. The minimum absolute atomic E-state index is 0.0891. The summed E-state index contributed by atoms with van der Waals surface area (Å²) in [5, 5.41) is 3.47. The molecule has 106 valence electrons. The number of imidazole rings is 1. The van der Waals surface area contributed by atoms with Gasteiger partial charge in [0.15, 0.2) is 11.6 Å². The van der Waals surface area contributed by atoms with Crippen LogP contribution in [0.1, 0.15) is 0 Å². The first-order valence-corrected chi connectivity index (χ1v) is 6.36. The van der Waals surface area contributed by atoms with E-state index in [1.54, 1.807) is 24.4 Å². The van der Waals surface area contributed by atoms with Gasteiger partial charge >= 0.3 is 0 Å². The largest absolute Gasteiger partial charge is 0.494 e. The number of rotatable bonds is 3. The quantitative estimate of drug-likeness (QED) is 0.681. The van der Waals surface area contributed by atoms with Crippen LogP contribution in [0.3, 0.4) is 0 Å². The molecule has 0 unspecified atom stereocenters. The van der Waals surface area contributed by atoms with Gasteiger partial charge in [-0.3, -0.25) is 4.40 Å². The maximum atomic E-state index is 13.8. The van der Waals surface area contributed by atoms with Crippen molar-refractivity contribution in [3.63, 3.8) is 0 Å². The van der Waals surface area contributed by atoms with Crippen LogP contribution >= 0.6 is 11.6 Å². The van der Waals surface area contributed by atoms with Crippen molar-refractivity contribution in [2.24, 2.45) is 5.18 Å². The van der Waals surface area contributed by atoms with Crippen LogP contribution in [0.15, 0.2) is 41.7 Å². The van der Waals surface area contributed by atoms with Gasteiger partial charge in [0.1, 0.15) is 11.3 Å². The van der Waals surface area contributed by atoms with Crippen molar-refractivity contribution in [1.29, 1.82) is 0 Å². The lowest BCUT2D eigenvalue weighted by Crippen LogP contribution is -1.89. The van der Waals surface area contributed by atoms with Crippen LogP contribution in [0, 0.1) is 10.7 Å². The van der Waals surface area contributed by atoms with Crippen LogP contribution in [0.5, 0.6) is 5.75 Å². The zero-order valence-corrected chi connectivity index (χ0v) is 11.6. The number of hydrogen-bond donors (Lipinski definition) is 0. The lowest BCUT2D eigenvalue weighted by Gasteiger charge is -2.03. The Bertz CT molecular complexity index is 848. The maximum absolute atomic E-state index is 13.8. The number of ether oxygens (including phenoxy) is 1. The van der Waals surface area contributed by atoms with Gasteiger partial charge in [-0.05, 0) is 29.4 Å². The molecule has 7 heteroatoms. The molecule has 3 rings (SSSR count). The Morgan fingerprint density at radius 3 is 2.81 bits per heavy atom. The molecule has 0 spiro atoms. The van der Waals surface area contributed by atoms with Crippen LogP contribution in [-0.4, -0.2) is 16.5 Å². The smallest absolute Gasteiger partial charge is 0.209 e. The van der Waals surface area contributed by atoms with E-state index in [2.05, 4.69) is 10.2 Å². The van der Waals surface area contributed by atoms with E-state index in [9.17, 15) is 9.30 Å². The second kappa shape index (κ2) is 5.14. The Hall–Kier alpha value is -2.47. The molecule has 0 aliphatic rings. The Labute approximate surface area is 123 Å². The van der Waals surface area contributed by atoms with Gasteiger partial charge in [-0.1, -0.05) is 11.6 Å². The topological polar surface area (TPSA) is 56.0 Å². The highest BCUT2D eigenvalue weighted by Gasteiger charge is 2.16. The molecule has 3 aromatic rings. The van der Waals surface area contributed by atoms with E-state index in [4.69, 9.17) is 16.3 Å². The number of nitrogens with zero attached hydrogens (tertiary/aromatic N) is 3. The summed E-state index contributed by atoms with van der Waals surface area (Å²) in [5.74, 6) is -0.334. The van der Waals surface area contributed by atoms with Crippen LogP contribution in [-0.2, 0) is 0 Å². The van der Waals surface area contributed by atoms with Gasteiger partial charge in [0.2, 0.25) is 5.82 Å². The highest BCUT2D eigenvalue weighted by Crippen LogP contribution is 2.33. The van der Waals surface area contributed by atoms with Gasteiger partial charge in [-0.2, -0.15) is 0 Å². The number of benzene rings is 1. The third-order valence-electron chi connectivity index (χ3n) is 3.07. The van der Waals surface area contributed by atoms with Crippen molar-refractivity contribution < 1.29 is 9.13 Å². The van der Waals surface area contributed by atoms with Crippen molar-refractivity contribution in [2.45, 2.75) is 0 Å². The molecule has 5 nitrogen and oxygen atoms in total. The molecule has 0 radical (unpaired) electrons. The summed E-state index contributed by atoms with van der Waals surface area (Å²) in [4.78, 5) is 15.4. The maximum Gasteiger partial charge on any atom is 0.209 e. The van der Waals surface area contributed by atoms with Crippen LogP contribution in [0.2, 0.25) is 5.02 Å². The van der Waals surface area contributed by atoms with Crippen molar-refractivity contribution in [3.8, 4) is 17.0 Å². The van der Waals surface area contributed by atoms with Crippen LogP contribution in [0.4, 0.5) is 10.2 Å². The SMILES string of the molecule is COc1ccc(-c2nc3cc(Cl)ccn3c2N=O)cc1F. The standard InChI is InChI=1S/C14H9ClFN3O2/c1-21-11-3-2-8(6-10(11)16)13-14(18-20)19-5-4-9(15)7-12(19)17-13/h2-7H,1H3.